The smallest absolute Gasteiger partial charge is 0.253 e. The summed E-state index contributed by atoms with van der Waals surface area (Å²) in [5.74, 6) is -0.470. The number of primary amides is 1. The van der Waals surface area contributed by atoms with Crippen molar-refractivity contribution in [2.24, 2.45) is 5.73 Å². The zero-order valence-corrected chi connectivity index (χ0v) is 13.6. The van der Waals surface area contributed by atoms with E-state index in [1.54, 1.807) is 12.1 Å². The number of fused-ring (bicyclic) bond motifs is 1. The molecule has 3 rings (SSSR count). The lowest BCUT2D eigenvalue weighted by Crippen LogP contribution is -2.42. The number of piperidine rings is 1. The molecule has 2 N–H and O–H groups in total. The minimum atomic E-state index is -0.566. The molecule has 0 unspecified atom stereocenters. The molecule has 0 saturated carbocycles. The van der Waals surface area contributed by atoms with E-state index < -0.39 is 5.91 Å². The predicted molar refractivity (Wildman–Crippen MR) is 88.5 cm³/mol. The van der Waals surface area contributed by atoms with E-state index in [1.165, 1.54) is 16.7 Å². The topological polar surface area (TPSA) is 83.7 Å². The third-order valence-electron chi connectivity index (χ3n) is 4.11. The minimum Gasteiger partial charge on any atom is -0.368 e. The lowest BCUT2D eigenvalue weighted by Gasteiger charge is -2.30. The van der Waals surface area contributed by atoms with Gasteiger partial charge in [0.2, 0.25) is 11.8 Å². The number of nitrogens with zero attached hydrogens (tertiary/aromatic N) is 2. The second kappa shape index (κ2) is 6.62. The fourth-order valence-corrected chi connectivity index (χ4v) is 3.86. The van der Waals surface area contributed by atoms with Crippen LogP contribution in [0.3, 0.4) is 0 Å². The van der Waals surface area contributed by atoms with Crippen LogP contribution in [0, 0.1) is 0 Å². The van der Waals surface area contributed by atoms with Crippen LogP contribution in [0.15, 0.2) is 23.1 Å². The number of thioether (sulfide) groups is 1. The molecule has 0 atom stereocenters. The van der Waals surface area contributed by atoms with E-state index in [2.05, 4.69) is 0 Å². The summed E-state index contributed by atoms with van der Waals surface area (Å²) in [7, 11) is 0. The van der Waals surface area contributed by atoms with Gasteiger partial charge >= 0.3 is 0 Å². The highest BCUT2D eigenvalue weighted by Crippen LogP contribution is 2.36. The average molecular weight is 333 g/mol. The molecule has 7 heteroatoms. The number of amides is 3. The molecule has 1 fully saturated rings. The highest BCUT2D eigenvalue weighted by molar-refractivity contribution is 8.00. The standard InChI is InChI=1S/C16H19N3O3S/c17-14(20)9-19-12-8-11(4-5-13(12)23-10-15(19)21)16(22)18-6-2-1-3-7-18/h4-5,8H,1-3,6-7,9-10H2,(H2,17,20). The minimum absolute atomic E-state index is 0.0189. The number of carbonyl (C=O) groups excluding carboxylic acids is 3. The number of hydrogen-bond donors (Lipinski definition) is 1. The molecule has 2 aliphatic rings. The summed E-state index contributed by atoms with van der Waals surface area (Å²) in [6, 6.07) is 5.35. The van der Waals surface area contributed by atoms with Crippen LogP contribution in [0.4, 0.5) is 5.69 Å². The van der Waals surface area contributed by atoms with Crippen molar-refractivity contribution < 1.29 is 14.4 Å². The van der Waals surface area contributed by atoms with Gasteiger partial charge < -0.3 is 15.5 Å². The number of rotatable bonds is 3. The molecule has 1 aromatic carbocycles. The second-order valence-electron chi connectivity index (χ2n) is 5.77. The monoisotopic (exact) mass is 333 g/mol. The van der Waals surface area contributed by atoms with Crippen LogP contribution >= 0.6 is 11.8 Å². The van der Waals surface area contributed by atoms with Gasteiger partial charge in [0.1, 0.15) is 6.54 Å². The van der Waals surface area contributed by atoms with Gasteiger partial charge in [-0.2, -0.15) is 0 Å². The first-order valence-electron chi connectivity index (χ1n) is 7.71. The molecule has 1 saturated heterocycles. The maximum Gasteiger partial charge on any atom is 0.253 e. The molecule has 122 valence electrons. The fraction of sp³-hybridized carbons (Fsp3) is 0.438. The maximum absolute atomic E-state index is 12.6. The van der Waals surface area contributed by atoms with E-state index in [9.17, 15) is 14.4 Å². The van der Waals surface area contributed by atoms with E-state index in [1.807, 2.05) is 11.0 Å². The van der Waals surface area contributed by atoms with E-state index in [0.29, 0.717) is 11.3 Å². The Kier molecular flexibility index (Phi) is 4.56. The zero-order chi connectivity index (χ0) is 16.4. The van der Waals surface area contributed by atoms with Crippen LogP contribution in [-0.2, 0) is 9.59 Å². The number of carbonyl (C=O) groups is 3. The summed E-state index contributed by atoms with van der Waals surface area (Å²) in [6.07, 6.45) is 3.21. The van der Waals surface area contributed by atoms with Gasteiger partial charge in [0.25, 0.3) is 5.91 Å². The largest absolute Gasteiger partial charge is 0.368 e. The molecule has 0 aliphatic carbocycles. The molecule has 23 heavy (non-hydrogen) atoms. The van der Waals surface area contributed by atoms with Gasteiger partial charge in [-0.15, -0.1) is 11.8 Å². The van der Waals surface area contributed by atoms with Gasteiger partial charge in [0, 0.05) is 23.5 Å². The summed E-state index contributed by atoms with van der Waals surface area (Å²) in [5, 5.41) is 0. The molecule has 0 bridgehead atoms. The Hall–Kier alpha value is -2.02. The Morgan fingerprint density at radius 3 is 2.61 bits per heavy atom. The van der Waals surface area contributed by atoms with Crippen molar-refractivity contribution >= 4 is 35.2 Å². The van der Waals surface area contributed by atoms with Crippen LogP contribution in [0.5, 0.6) is 0 Å². The molecule has 2 heterocycles. The van der Waals surface area contributed by atoms with Crippen molar-refractivity contribution in [1.29, 1.82) is 0 Å². The van der Waals surface area contributed by atoms with E-state index in [-0.39, 0.29) is 24.1 Å². The van der Waals surface area contributed by atoms with Gasteiger partial charge in [-0.3, -0.25) is 14.4 Å². The molecule has 0 aromatic heterocycles. The Morgan fingerprint density at radius 1 is 1.17 bits per heavy atom. The molecule has 3 amide bonds. The van der Waals surface area contributed by atoms with Gasteiger partial charge in [-0.05, 0) is 37.5 Å². The quantitative estimate of drug-likeness (QED) is 0.902. The second-order valence-corrected chi connectivity index (χ2v) is 6.79. The summed E-state index contributed by atoms with van der Waals surface area (Å²) < 4.78 is 0. The number of likely N-dealkylation sites (tertiary alicyclic amines) is 1. The molecular weight excluding hydrogens is 314 g/mol. The molecule has 0 radical (unpaired) electrons. The predicted octanol–water partition coefficient (Wildman–Crippen LogP) is 1.24. The molecular formula is C16H19N3O3S. The molecule has 6 nitrogen and oxygen atoms in total. The fourth-order valence-electron chi connectivity index (χ4n) is 2.94. The lowest BCUT2D eigenvalue weighted by molar-refractivity contribution is -0.121. The Balaban J connectivity index is 1.90. The van der Waals surface area contributed by atoms with Crippen LogP contribution in [0.25, 0.3) is 0 Å². The van der Waals surface area contributed by atoms with Crippen molar-refractivity contribution in [1.82, 2.24) is 4.90 Å². The number of nitrogens with two attached hydrogens (primary N) is 1. The Morgan fingerprint density at radius 2 is 1.91 bits per heavy atom. The highest BCUT2D eigenvalue weighted by atomic mass is 32.2. The number of benzene rings is 1. The first kappa shape index (κ1) is 15.9. The molecule has 2 aliphatic heterocycles. The summed E-state index contributed by atoms with van der Waals surface area (Å²) >= 11 is 1.42. The number of hydrogen-bond acceptors (Lipinski definition) is 4. The first-order chi connectivity index (χ1) is 11.1. The SMILES string of the molecule is NC(=O)CN1C(=O)CSc2ccc(C(=O)N3CCCCC3)cc21. The lowest BCUT2D eigenvalue weighted by atomic mass is 10.1. The maximum atomic E-state index is 12.6. The number of anilines is 1. The van der Waals surface area contributed by atoms with E-state index >= 15 is 0 Å². The average Bonchev–Trinajstić information content (AvgIpc) is 2.57. The van der Waals surface area contributed by atoms with E-state index in [0.717, 1.165) is 37.2 Å². The normalized spacial score (nSPS) is 17.8. The Labute approximate surface area is 139 Å². The van der Waals surface area contributed by atoms with Crippen molar-refractivity contribution in [2.75, 3.05) is 30.3 Å². The summed E-state index contributed by atoms with van der Waals surface area (Å²) in [4.78, 5) is 40.0. The van der Waals surface area contributed by atoms with Gasteiger partial charge in [0.15, 0.2) is 0 Å². The van der Waals surface area contributed by atoms with Crippen LogP contribution < -0.4 is 10.6 Å². The van der Waals surface area contributed by atoms with Gasteiger partial charge in [-0.1, -0.05) is 0 Å². The van der Waals surface area contributed by atoms with Crippen molar-refractivity contribution in [3.63, 3.8) is 0 Å². The molecule has 1 aromatic rings. The van der Waals surface area contributed by atoms with Gasteiger partial charge in [-0.25, -0.2) is 0 Å². The summed E-state index contributed by atoms with van der Waals surface area (Å²) in [5.41, 5.74) is 6.40. The first-order valence-corrected chi connectivity index (χ1v) is 8.69. The highest BCUT2D eigenvalue weighted by Gasteiger charge is 2.28. The van der Waals surface area contributed by atoms with Crippen LogP contribution in [0.1, 0.15) is 29.6 Å². The van der Waals surface area contributed by atoms with Crippen molar-refractivity contribution in [3.05, 3.63) is 23.8 Å². The molecule has 0 spiro atoms. The van der Waals surface area contributed by atoms with Crippen LogP contribution in [-0.4, -0.2) is 48.0 Å². The van der Waals surface area contributed by atoms with Crippen LogP contribution in [0.2, 0.25) is 0 Å². The van der Waals surface area contributed by atoms with Gasteiger partial charge in [0.05, 0.1) is 11.4 Å². The third kappa shape index (κ3) is 3.34. The Bertz CT molecular complexity index is 656. The summed E-state index contributed by atoms with van der Waals surface area (Å²) in [6.45, 7) is 1.39. The zero-order valence-electron chi connectivity index (χ0n) is 12.8. The van der Waals surface area contributed by atoms with E-state index in [4.69, 9.17) is 5.73 Å². The van der Waals surface area contributed by atoms with Crippen molar-refractivity contribution in [2.45, 2.75) is 24.2 Å². The third-order valence-corrected chi connectivity index (χ3v) is 5.15. The van der Waals surface area contributed by atoms with Crippen molar-refractivity contribution in [3.8, 4) is 0 Å².